The molecule has 0 aliphatic carbocycles. The van der Waals surface area contributed by atoms with E-state index in [9.17, 15) is 5.11 Å². The lowest BCUT2D eigenvalue weighted by atomic mass is 9.89. The van der Waals surface area contributed by atoms with E-state index in [-0.39, 0.29) is 5.92 Å². The SMILES string of the molecule is Cc1ccccc1CCC(O)C(CN)c1ccccc1Br. The molecule has 2 nitrogen and oxygen atoms in total. The summed E-state index contributed by atoms with van der Waals surface area (Å²) in [5.41, 5.74) is 9.54. The summed E-state index contributed by atoms with van der Waals surface area (Å²) in [5.74, 6) is -0.0374. The molecule has 0 spiro atoms. The topological polar surface area (TPSA) is 46.2 Å². The Morgan fingerprint density at radius 3 is 2.43 bits per heavy atom. The number of halogens is 1. The van der Waals surface area contributed by atoms with Gasteiger partial charge in [0.2, 0.25) is 0 Å². The highest BCUT2D eigenvalue weighted by atomic mass is 79.9. The molecule has 0 saturated heterocycles. The monoisotopic (exact) mass is 347 g/mol. The van der Waals surface area contributed by atoms with Crippen molar-refractivity contribution in [3.8, 4) is 0 Å². The van der Waals surface area contributed by atoms with Crippen molar-refractivity contribution in [3.05, 3.63) is 69.7 Å². The van der Waals surface area contributed by atoms with Crippen molar-refractivity contribution in [2.24, 2.45) is 5.73 Å². The largest absolute Gasteiger partial charge is 0.392 e. The molecule has 2 unspecified atom stereocenters. The summed E-state index contributed by atoms with van der Waals surface area (Å²) in [5, 5.41) is 10.5. The van der Waals surface area contributed by atoms with E-state index in [1.807, 2.05) is 36.4 Å². The summed E-state index contributed by atoms with van der Waals surface area (Å²) in [4.78, 5) is 0. The molecule has 2 rings (SSSR count). The minimum atomic E-state index is -0.437. The van der Waals surface area contributed by atoms with E-state index >= 15 is 0 Å². The maximum absolute atomic E-state index is 10.5. The molecule has 0 radical (unpaired) electrons. The van der Waals surface area contributed by atoms with E-state index in [2.05, 4.69) is 35.0 Å². The Hall–Kier alpha value is -1.16. The van der Waals surface area contributed by atoms with E-state index in [0.29, 0.717) is 13.0 Å². The number of aliphatic hydroxyl groups excluding tert-OH is 1. The van der Waals surface area contributed by atoms with Crippen LogP contribution in [0.15, 0.2) is 53.0 Å². The average molecular weight is 348 g/mol. The Labute approximate surface area is 135 Å². The van der Waals surface area contributed by atoms with Crippen LogP contribution in [0, 0.1) is 6.92 Å². The molecule has 2 aromatic rings. The molecule has 0 aliphatic rings. The molecule has 0 fully saturated rings. The van der Waals surface area contributed by atoms with Crippen LogP contribution in [0.3, 0.4) is 0 Å². The van der Waals surface area contributed by atoms with E-state index in [1.54, 1.807) is 0 Å². The lowest BCUT2D eigenvalue weighted by Crippen LogP contribution is -2.26. The molecular weight excluding hydrogens is 326 g/mol. The lowest BCUT2D eigenvalue weighted by molar-refractivity contribution is 0.136. The van der Waals surface area contributed by atoms with Crippen molar-refractivity contribution < 1.29 is 5.11 Å². The molecule has 0 saturated carbocycles. The van der Waals surface area contributed by atoms with Gasteiger partial charge in [-0.1, -0.05) is 58.4 Å². The second kappa shape index (κ2) is 7.74. The van der Waals surface area contributed by atoms with Crippen LogP contribution in [-0.2, 0) is 6.42 Å². The number of aryl methyl sites for hydroxylation is 2. The Kier molecular flexibility index (Phi) is 5.97. The van der Waals surface area contributed by atoms with Crippen LogP contribution in [0.2, 0.25) is 0 Å². The Morgan fingerprint density at radius 2 is 1.76 bits per heavy atom. The predicted octanol–water partition coefficient (Wildman–Crippen LogP) is 3.79. The lowest BCUT2D eigenvalue weighted by Gasteiger charge is -2.23. The second-order valence-corrected chi connectivity index (χ2v) is 6.25. The maximum atomic E-state index is 10.5. The molecule has 21 heavy (non-hydrogen) atoms. The van der Waals surface area contributed by atoms with Gasteiger partial charge in [0.15, 0.2) is 0 Å². The van der Waals surface area contributed by atoms with Gasteiger partial charge in [-0.3, -0.25) is 0 Å². The molecule has 0 bridgehead atoms. The van der Waals surface area contributed by atoms with Gasteiger partial charge >= 0.3 is 0 Å². The van der Waals surface area contributed by atoms with E-state index < -0.39 is 6.10 Å². The van der Waals surface area contributed by atoms with E-state index in [1.165, 1.54) is 11.1 Å². The number of hydrogen-bond acceptors (Lipinski definition) is 2. The average Bonchev–Trinajstić information content (AvgIpc) is 2.49. The number of benzene rings is 2. The molecule has 0 aliphatic heterocycles. The van der Waals surface area contributed by atoms with Crippen molar-refractivity contribution in [1.82, 2.24) is 0 Å². The first-order valence-corrected chi connectivity index (χ1v) is 8.10. The van der Waals surface area contributed by atoms with Gasteiger partial charge in [0, 0.05) is 16.9 Å². The van der Waals surface area contributed by atoms with Crippen LogP contribution in [0.25, 0.3) is 0 Å². The standard InChI is InChI=1S/C18H22BrNO/c1-13-6-2-3-7-14(13)10-11-18(21)16(12-20)15-8-4-5-9-17(15)19/h2-9,16,18,21H,10-12,20H2,1H3. The van der Waals surface area contributed by atoms with E-state index in [0.717, 1.165) is 16.5 Å². The zero-order valence-electron chi connectivity index (χ0n) is 12.3. The van der Waals surface area contributed by atoms with Gasteiger partial charge < -0.3 is 10.8 Å². The first kappa shape index (κ1) is 16.2. The number of nitrogens with two attached hydrogens (primary N) is 1. The van der Waals surface area contributed by atoms with Crippen molar-refractivity contribution in [1.29, 1.82) is 0 Å². The minimum Gasteiger partial charge on any atom is -0.392 e. The highest BCUT2D eigenvalue weighted by Gasteiger charge is 2.21. The van der Waals surface area contributed by atoms with Gasteiger partial charge in [0.1, 0.15) is 0 Å². The first-order valence-electron chi connectivity index (χ1n) is 7.30. The zero-order valence-corrected chi connectivity index (χ0v) is 13.9. The number of aliphatic hydroxyl groups is 1. The predicted molar refractivity (Wildman–Crippen MR) is 91.4 cm³/mol. The van der Waals surface area contributed by atoms with Crippen LogP contribution >= 0.6 is 15.9 Å². The second-order valence-electron chi connectivity index (χ2n) is 5.40. The van der Waals surface area contributed by atoms with E-state index in [4.69, 9.17) is 5.73 Å². The van der Waals surface area contributed by atoms with Crippen molar-refractivity contribution in [2.75, 3.05) is 6.54 Å². The number of hydrogen-bond donors (Lipinski definition) is 2. The Morgan fingerprint density at radius 1 is 1.10 bits per heavy atom. The summed E-state index contributed by atoms with van der Waals surface area (Å²) in [6, 6.07) is 16.3. The third-order valence-corrected chi connectivity index (χ3v) is 4.72. The third kappa shape index (κ3) is 4.16. The molecule has 2 aromatic carbocycles. The van der Waals surface area contributed by atoms with Gasteiger partial charge in [0.05, 0.1) is 6.10 Å². The molecule has 0 heterocycles. The summed E-state index contributed by atoms with van der Waals surface area (Å²) in [6.07, 6.45) is 1.15. The Balaban J connectivity index is 2.06. The van der Waals surface area contributed by atoms with Crippen LogP contribution in [-0.4, -0.2) is 17.8 Å². The van der Waals surface area contributed by atoms with Crippen molar-refractivity contribution in [3.63, 3.8) is 0 Å². The van der Waals surface area contributed by atoms with Gasteiger partial charge in [-0.05, 0) is 42.5 Å². The quantitative estimate of drug-likeness (QED) is 0.834. The normalized spacial score (nSPS) is 13.9. The van der Waals surface area contributed by atoms with Gasteiger partial charge in [-0.15, -0.1) is 0 Å². The zero-order chi connectivity index (χ0) is 15.2. The third-order valence-electron chi connectivity index (χ3n) is 3.99. The summed E-state index contributed by atoms with van der Waals surface area (Å²) in [7, 11) is 0. The van der Waals surface area contributed by atoms with Crippen LogP contribution in [0.1, 0.15) is 29.0 Å². The molecule has 0 amide bonds. The highest BCUT2D eigenvalue weighted by Crippen LogP contribution is 2.28. The minimum absolute atomic E-state index is 0.0374. The molecule has 3 N–H and O–H groups in total. The van der Waals surface area contributed by atoms with Gasteiger partial charge in [-0.2, -0.15) is 0 Å². The fourth-order valence-corrected chi connectivity index (χ4v) is 3.24. The molecule has 112 valence electrons. The highest BCUT2D eigenvalue weighted by molar-refractivity contribution is 9.10. The van der Waals surface area contributed by atoms with Gasteiger partial charge in [0.25, 0.3) is 0 Å². The summed E-state index contributed by atoms with van der Waals surface area (Å²) < 4.78 is 1.01. The van der Waals surface area contributed by atoms with Crippen LogP contribution < -0.4 is 5.73 Å². The van der Waals surface area contributed by atoms with Crippen LogP contribution in [0.4, 0.5) is 0 Å². The fourth-order valence-electron chi connectivity index (χ4n) is 2.66. The molecule has 3 heteroatoms. The van der Waals surface area contributed by atoms with Gasteiger partial charge in [-0.25, -0.2) is 0 Å². The van der Waals surface area contributed by atoms with Crippen molar-refractivity contribution in [2.45, 2.75) is 31.8 Å². The van der Waals surface area contributed by atoms with Crippen molar-refractivity contribution >= 4 is 15.9 Å². The Bertz CT molecular complexity index is 585. The molecular formula is C18H22BrNO. The first-order chi connectivity index (χ1) is 10.1. The smallest absolute Gasteiger partial charge is 0.0624 e. The summed E-state index contributed by atoms with van der Waals surface area (Å²) >= 11 is 3.55. The summed E-state index contributed by atoms with van der Waals surface area (Å²) in [6.45, 7) is 2.55. The molecule has 2 atom stereocenters. The molecule has 0 aromatic heterocycles. The fraction of sp³-hybridized carbons (Fsp3) is 0.333. The maximum Gasteiger partial charge on any atom is 0.0624 e. The van der Waals surface area contributed by atoms with Crippen LogP contribution in [0.5, 0.6) is 0 Å². The number of rotatable bonds is 6.